The minimum Gasteiger partial charge on any atom is -0.480 e. The van der Waals surface area contributed by atoms with Gasteiger partial charge >= 0.3 is 11.9 Å². The fourth-order valence-electron chi connectivity index (χ4n) is 1.27. The van der Waals surface area contributed by atoms with Gasteiger partial charge in [0.1, 0.15) is 12.1 Å². The summed E-state index contributed by atoms with van der Waals surface area (Å²) >= 11 is 0. The summed E-state index contributed by atoms with van der Waals surface area (Å²) in [4.78, 5) is 20.8. The van der Waals surface area contributed by atoms with Crippen molar-refractivity contribution in [2.24, 2.45) is 0 Å². The Bertz CT molecular complexity index is 194. The highest BCUT2D eigenvalue weighted by Gasteiger charge is 2.40. The van der Waals surface area contributed by atoms with Gasteiger partial charge in [0.15, 0.2) is 0 Å². The molecule has 68 valence electrons. The summed E-state index contributed by atoms with van der Waals surface area (Å²) in [6, 6.07) is -2.16. The van der Waals surface area contributed by atoms with Crippen LogP contribution in [0.5, 0.6) is 0 Å². The van der Waals surface area contributed by atoms with Crippen LogP contribution in [0.4, 0.5) is 0 Å². The molecule has 0 saturated carbocycles. The molecule has 3 N–H and O–H groups in total. The van der Waals surface area contributed by atoms with Gasteiger partial charge in [0.25, 0.3) is 0 Å². The van der Waals surface area contributed by atoms with Crippen LogP contribution in [0.1, 0.15) is 12.8 Å². The van der Waals surface area contributed by atoms with Crippen molar-refractivity contribution in [2.45, 2.75) is 24.9 Å². The number of hydroxylamine groups is 2. The van der Waals surface area contributed by atoms with Crippen LogP contribution >= 0.6 is 0 Å². The van der Waals surface area contributed by atoms with Crippen molar-refractivity contribution in [1.29, 1.82) is 0 Å². The van der Waals surface area contributed by atoms with E-state index in [1.54, 1.807) is 0 Å². The maximum absolute atomic E-state index is 10.4. The standard InChI is InChI=1S/C6H9NO5/c8-5(9)3-1-2-4(6(10)11)7(3)12/h3-4,12H,1-2H2,(H,8,9)(H,10,11). The van der Waals surface area contributed by atoms with Crippen molar-refractivity contribution in [1.82, 2.24) is 5.06 Å². The molecule has 1 aliphatic heterocycles. The molecule has 6 nitrogen and oxygen atoms in total. The van der Waals surface area contributed by atoms with E-state index < -0.39 is 24.0 Å². The molecule has 1 fully saturated rings. The Labute approximate surface area is 68.0 Å². The molecule has 1 aliphatic rings. The Kier molecular flexibility index (Phi) is 2.30. The van der Waals surface area contributed by atoms with Crippen LogP contribution in [0.25, 0.3) is 0 Å². The largest absolute Gasteiger partial charge is 0.480 e. The Morgan fingerprint density at radius 3 is 1.58 bits per heavy atom. The molecule has 2 unspecified atom stereocenters. The lowest BCUT2D eigenvalue weighted by atomic mass is 10.2. The van der Waals surface area contributed by atoms with Crippen molar-refractivity contribution in [2.75, 3.05) is 0 Å². The normalized spacial score (nSPS) is 30.4. The quantitative estimate of drug-likeness (QED) is 0.517. The predicted molar refractivity (Wildman–Crippen MR) is 35.7 cm³/mol. The fraction of sp³-hybridized carbons (Fsp3) is 0.667. The minimum atomic E-state index is -1.19. The lowest BCUT2D eigenvalue weighted by Crippen LogP contribution is -2.41. The molecule has 0 aromatic heterocycles. The first-order valence-electron chi connectivity index (χ1n) is 3.47. The van der Waals surface area contributed by atoms with Gasteiger partial charge in [-0.15, -0.1) is 0 Å². The van der Waals surface area contributed by atoms with E-state index in [0.29, 0.717) is 5.06 Å². The fourth-order valence-corrected chi connectivity index (χ4v) is 1.27. The SMILES string of the molecule is O=C(O)C1CCC(C(=O)O)N1O. The lowest BCUT2D eigenvalue weighted by molar-refractivity contribution is -0.180. The van der Waals surface area contributed by atoms with Crippen LogP contribution in [0, 0.1) is 0 Å². The second-order valence-corrected chi connectivity index (χ2v) is 2.67. The second-order valence-electron chi connectivity index (χ2n) is 2.67. The lowest BCUT2D eigenvalue weighted by Gasteiger charge is -2.16. The molecule has 0 spiro atoms. The summed E-state index contributed by atoms with van der Waals surface area (Å²) in [5, 5.41) is 26.4. The maximum Gasteiger partial charge on any atom is 0.323 e. The van der Waals surface area contributed by atoms with E-state index in [9.17, 15) is 9.59 Å². The first-order chi connectivity index (χ1) is 5.54. The topological polar surface area (TPSA) is 98.1 Å². The number of hydrogen-bond acceptors (Lipinski definition) is 4. The van der Waals surface area contributed by atoms with E-state index in [1.807, 2.05) is 0 Å². The minimum absolute atomic E-state index is 0.169. The zero-order valence-corrected chi connectivity index (χ0v) is 6.17. The second kappa shape index (κ2) is 3.08. The average molecular weight is 175 g/mol. The summed E-state index contributed by atoms with van der Waals surface area (Å²) in [7, 11) is 0. The van der Waals surface area contributed by atoms with Crippen molar-refractivity contribution in [3.63, 3.8) is 0 Å². The van der Waals surface area contributed by atoms with Gasteiger partial charge in [-0.1, -0.05) is 0 Å². The van der Waals surface area contributed by atoms with Crippen molar-refractivity contribution in [3.8, 4) is 0 Å². The number of carboxylic acids is 2. The molecule has 0 amide bonds. The van der Waals surface area contributed by atoms with E-state index in [0.717, 1.165) is 0 Å². The smallest absolute Gasteiger partial charge is 0.323 e. The molecule has 1 heterocycles. The Balaban J connectivity index is 2.67. The number of carboxylic acid groups (broad SMARTS) is 2. The summed E-state index contributed by atoms with van der Waals surface area (Å²) in [5.74, 6) is -2.39. The zero-order valence-electron chi connectivity index (χ0n) is 6.17. The third kappa shape index (κ3) is 1.39. The first-order valence-corrected chi connectivity index (χ1v) is 3.47. The molecule has 0 bridgehead atoms. The summed E-state index contributed by atoms with van der Waals surface area (Å²) in [6.07, 6.45) is 0.339. The predicted octanol–water partition coefficient (Wildman–Crippen LogP) is -0.622. The van der Waals surface area contributed by atoms with Crippen molar-refractivity contribution >= 4 is 11.9 Å². The average Bonchev–Trinajstić information content (AvgIpc) is 2.30. The van der Waals surface area contributed by atoms with Crippen LogP contribution in [-0.2, 0) is 9.59 Å². The van der Waals surface area contributed by atoms with Crippen molar-refractivity contribution < 1.29 is 25.0 Å². The van der Waals surface area contributed by atoms with E-state index in [4.69, 9.17) is 15.4 Å². The monoisotopic (exact) mass is 175 g/mol. The molecule has 2 atom stereocenters. The first kappa shape index (κ1) is 8.95. The van der Waals surface area contributed by atoms with Gasteiger partial charge in [0.2, 0.25) is 0 Å². The van der Waals surface area contributed by atoms with Gasteiger partial charge in [0, 0.05) is 0 Å². The molecule has 0 aromatic carbocycles. The van der Waals surface area contributed by atoms with Crippen LogP contribution < -0.4 is 0 Å². The van der Waals surface area contributed by atoms with E-state index >= 15 is 0 Å². The molecule has 0 aromatic rings. The zero-order chi connectivity index (χ0) is 9.30. The van der Waals surface area contributed by atoms with Gasteiger partial charge in [-0.05, 0) is 12.8 Å². The molecule has 6 heteroatoms. The third-order valence-corrected chi connectivity index (χ3v) is 1.92. The van der Waals surface area contributed by atoms with Crippen LogP contribution in [0.2, 0.25) is 0 Å². The number of aliphatic carboxylic acids is 2. The van der Waals surface area contributed by atoms with Crippen molar-refractivity contribution in [3.05, 3.63) is 0 Å². The van der Waals surface area contributed by atoms with Crippen LogP contribution in [0.3, 0.4) is 0 Å². The Hall–Kier alpha value is -1.14. The van der Waals surface area contributed by atoms with Gasteiger partial charge in [-0.2, -0.15) is 5.06 Å². The van der Waals surface area contributed by atoms with Gasteiger partial charge in [-0.25, -0.2) is 0 Å². The number of carbonyl (C=O) groups is 2. The van der Waals surface area contributed by atoms with Crippen LogP contribution in [0.15, 0.2) is 0 Å². The number of nitrogens with zero attached hydrogens (tertiary/aromatic N) is 1. The third-order valence-electron chi connectivity index (χ3n) is 1.92. The molecule has 1 rings (SSSR count). The van der Waals surface area contributed by atoms with Crippen LogP contribution in [-0.4, -0.2) is 44.5 Å². The van der Waals surface area contributed by atoms with E-state index in [1.165, 1.54) is 0 Å². The molecular formula is C6H9NO5. The molecule has 0 aliphatic carbocycles. The Morgan fingerprint density at radius 1 is 1.08 bits per heavy atom. The summed E-state index contributed by atoms with van der Waals surface area (Å²) in [5.41, 5.74) is 0. The van der Waals surface area contributed by atoms with E-state index in [-0.39, 0.29) is 12.8 Å². The Morgan fingerprint density at radius 2 is 1.42 bits per heavy atom. The number of hydrogen-bond donors (Lipinski definition) is 3. The highest BCUT2D eigenvalue weighted by atomic mass is 16.5. The maximum atomic E-state index is 10.4. The molecule has 12 heavy (non-hydrogen) atoms. The van der Waals surface area contributed by atoms with Gasteiger partial charge in [-0.3, -0.25) is 9.59 Å². The molecular weight excluding hydrogens is 166 g/mol. The van der Waals surface area contributed by atoms with Gasteiger partial charge < -0.3 is 15.4 Å². The number of rotatable bonds is 2. The van der Waals surface area contributed by atoms with E-state index in [2.05, 4.69) is 0 Å². The van der Waals surface area contributed by atoms with Gasteiger partial charge in [0.05, 0.1) is 0 Å². The molecule has 1 saturated heterocycles. The highest BCUT2D eigenvalue weighted by molar-refractivity contribution is 5.78. The summed E-state index contributed by atoms with van der Waals surface area (Å²) < 4.78 is 0. The summed E-state index contributed by atoms with van der Waals surface area (Å²) in [6.45, 7) is 0. The molecule has 0 radical (unpaired) electrons. The highest BCUT2D eigenvalue weighted by Crippen LogP contribution is 2.21.